The molecule has 0 heterocycles. The monoisotopic (exact) mass is 644 g/mol. The van der Waals surface area contributed by atoms with Gasteiger partial charge in [0.2, 0.25) is 0 Å². The molecule has 0 saturated heterocycles. The molecule has 0 aliphatic heterocycles. The second-order valence-electron chi connectivity index (χ2n) is 14.6. The Balaban J connectivity index is 0.00000197. The lowest BCUT2D eigenvalue weighted by molar-refractivity contribution is -0.116. The van der Waals surface area contributed by atoms with Gasteiger partial charge in [-0.3, -0.25) is 14.4 Å². The number of carbonyl (C=O) groups is 4. The number of hydrogen-bond acceptors (Lipinski definition) is 4. The summed E-state index contributed by atoms with van der Waals surface area (Å²) >= 11 is 0. The van der Waals surface area contributed by atoms with Crippen LogP contribution in [0.5, 0.6) is 0 Å². The highest BCUT2D eigenvalue weighted by Crippen LogP contribution is 2.45. The molecular weight excluding hydrogens is 592 g/mol. The first-order chi connectivity index (χ1) is 23.5. The van der Waals surface area contributed by atoms with Crippen LogP contribution in [-0.4, -0.2) is 24.1 Å². The van der Waals surface area contributed by atoms with Gasteiger partial charge in [0, 0.05) is 27.8 Å². The van der Waals surface area contributed by atoms with Gasteiger partial charge in [-0.05, 0) is 75.5 Å². The second kappa shape index (κ2) is 15.3. The normalized spacial score (nSPS) is 18.2. The fourth-order valence-corrected chi connectivity index (χ4v) is 9.16. The van der Waals surface area contributed by atoms with Crippen molar-refractivity contribution in [3.05, 3.63) is 63.9 Å². The van der Waals surface area contributed by atoms with Crippen LogP contribution < -0.4 is 5.22 Å². The summed E-state index contributed by atoms with van der Waals surface area (Å²) in [4.78, 5) is 49.7. The quantitative estimate of drug-likeness (QED) is 0.0559. The van der Waals surface area contributed by atoms with Crippen LogP contribution in [-0.2, 0) is 22.4 Å². The third-order valence-electron chi connectivity index (χ3n) is 11.6. The molecular formula is C44H52O4. The van der Waals surface area contributed by atoms with E-state index in [1.54, 1.807) is 0 Å². The maximum atomic E-state index is 13.9. The van der Waals surface area contributed by atoms with Crippen LogP contribution in [0.2, 0.25) is 0 Å². The van der Waals surface area contributed by atoms with Crippen molar-refractivity contribution in [2.45, 2.75) is 129 Å². The lowest BCUT2D eigenvalue weighted by atomic mass is 9.72. The van der Waals surface area contributed by atoms with Gasteiger partial charge in [-0.1, -0.05) is 134 Å². The molecule has 7 rings (SSSR count). The number of aryl methyl sites for hydroxylation is 1. The number of benzene rings is 4. The highest BCUT2D eigenvalue weighted by molar-refractivity contribution is 6.34. The van der Waals surface area contributed by atoms with E-state index in [4.69, 9.17) is 4.79 Å². The van der Waals surface area contributed by atoms with E-state index < -0.39 is 5.92 Å². The van der Waals surface area contributed by atoms with Gasteiger partial charge in [-0.2, -0.15) is 0 Å². The molecule has 0 N–H and O–H groups in total. The molecule has 3 aliphatic rings. The summed E-state index contributed by atoms with van der Waals surface area (Å²) in [6, 6.07) is 12.9. The van der Waals surface area contributed by atoms with Gasteiger partial charge < -0.3 is 4.79 Å². The molecule has 2 atom stereocenters. The van der Waals surface area contributed by atoms with Crippen LogP contribution in [0.25, 0.3) is 37.9 Å². The van der Waals surface area contributed by atoms with Crippen LogP contribution >= 0.6 is 0 Å². The van der Waals surface area contributed by atoms with Crippen molar-refractivity contribution in [3.63, 3.8) is 0 Å². The summed E-state index contributed by atoms with van der Waals surface area (Å²) in [6.45, 7) is 6.48. The summed E-state index contributed by atoms with van der Waals surface area (Å²) in [5, 5.41) is 7.83. The average Bonchev–Trinajstić information content (AvgIpc) is 3.12. The van der Waals surface area contributed by atoms with Gasteiger partial charge in [0.1, 0.15) is 6.79 Å². The molecule has 0 aromatic heterocycles. The first-order valence-electron chi connectivity index (χ1n) is 18.9. The number of unbranched alkanes of at least 4 members (excludes halogenated alkanes) is 11. The molecule has 0 spiro atoms. The third kappa shape index (κ3) is 6.05. The van der Waals surface area contributed by atoms with E-state index in [9.17, 15) is 14.4 Å². The Morgan fingerprint density at radius 1 is 0.562 bits per heavy atom. The SMILES string of the molecule is C=O.CCCCCCCCCC1C(=O)C2=c3c(ccc4c3c(c3ccc5c6c(ccc4c36)CC(CCCCCCCC)C5=O)CC2)C1=O. The zero-order valence-corrected chi connectivity index (χ0v) is 29.2. The molecule has 4 aromatic carbocycles. The predicted molar refractivity (Wildman–Crippen MR) is 198 cm³/mol. The van der Waals surface area contributed by atoms with E-state index in [0.29, 0.717) is 18.6 Å². The van der Waals surface area contributed by atoms with Crippen molar-refractivity contribution in [1.29, 1.82) is 0 Å². The molecule has 0 fully saturated rings. The average molecular weight is 645 g/mol. The van der Waals surface area contributed by atoms with Gasteiger partial charge in [0.25, 0.3) is 0 Å². The zero-order valence-electron chi connectivity index (χ0n) is 29.2. The summed E-state index contributed by atoms with van der Waals surface area (Å²) in [5.74, 6) is -0.0269. The van der Waals surface area contributed by atoms with Crippen molar-refractivity contribution < 1.29 is 19.2 Å². The number of Topliss-reactive ketones (excluding diaryl/α,β-unsaturated/α-hetero) is 3. The van der Waals surface area contributed by atoms with Crippen LogP contribution in [0, 0.1) is 11.8 Å². The molecule has 0 bridgehead atoms. The van der Waals surface area contributed by atoms with E-state index in [1.807, 2.05) is 12.9 Å². The Bertz CT molecular complexity index is 1910. The van der Waals surface area contributed by atoms with E-state index in [0.717, 1.165) is 82.0 Å². The lowest BCUT2D eigenvalue weighted by Crippen LogP contribution is -2.39. The van der Waals surface area contributed by atoms with Crippen molar-refractivity contribution >= 4 is 62.0 Å². The van der Waals surface area contributed by atoms with Gasteiger partial charge in [-0.25, -0.2) is 0 Å². The summed E-state index contributed by atoms with van der Waals surface area (Å²) in [5.41, 5.74) is 5.07. The Kier molecular flexibility index (Phi) is 10.9. The number of fused-ring (bicyclic) bond motifs is 2. The van der Waals surface area contributed by atoms with E-state index in [2.05, 4.69) is 44.2 Å². The van der Waals surface area contributed by atoms with Gasteiger partial charge >= 0.3 is 0 Å². The Labute approximate surface area is 285 Å². The van der Waals surface area contributed by atoms with Gasteiger partial charge in [-0.15, -0.1) is 0 Å². The predicted octanol–water partition coefficient (Wildman–Crippen LogP) is 10.4. The molecule has 252 valence electrons. The minimum absolute atomic E-state index is 0.0248. The molecule has 4 heteroatoms. The molecule has 0 amide bonds. The van der Waals surface area contributed by atoms with Crippen LogP contribution in [0.4, 0.5) is 0 Å². The summed E-state index contributed by atoms with van der Waals surface area (Å²) in [6.07, 6.45) is 19.7. The Morgan fingerprint density at radius 3 is 1.85 bits per heavy atom. The Morgan fingerprint density at radius 2 is 1.15 bits per heavy atom. The maximum Gasteiger partial charge on any atom is 0.174 e. The largest absolute Gasteiger partial charge is 0.307 e. The van der Waals surface area contributed by atoms with E-state index >= 15 is 0 Å². The van der Waals surface area contributed by atoms with Crippen molar-refractivity contribution in [1.82, 2.24) is 0 Å². The first kappa shape index (κ1) is 34.2. The smallest absolute Gasteiger partial charge is 0.174 e. The minimum Gasteiger partial charge on any atom is -0.307 e. The fourth-order valence-electron chi connectivity index (χ4n) is 9.16. The van der Waals surface area contributed by atoms with Crippen LogP contribution in [0.3, 0.4) is 0 Å². The standard InChI is InChI=1S/C43H50O3.CH2O/c1-3-5-7-9-11-13-15-17-36-42(45)34-24-21-31-29-19-18-27-26-28(16-14-12-10-8-6-4-2)41(44)33-23-20-30(38(29)37(27)33)32-22-25-35(43(36)46)40(34)39(31)32;1-2/h18-21,23-24,28,36H,3-17,22,25-26H2,1-2H3;1H2. The lowest BCUT2D eigenvalue weighted by Gasteiger charge is -2.30. The number of ketones is 3. The van der Waals surface area contributed by atoms with Crippen molar-refractivity contribution in [3.8, 4) is 0 Å². The fraction of sp³-hybridized carbons (Fsp3) is 0.500. The van der Waals surface area contributed by atoms with Crippen molar-refractivity contribution in [2.24, 2.45) is 11.8 Å². The minimum atomic E-state index is -0.518. The topological polar surface area (TPSA) is 68.3 Å². The molecule has 0 saturated carbocycles. The number of rotatable bonds is 15. The van der Waals surface area contributed by atoms with Gasteiger partial charge in [0.15, 0.2) is 17.3 Å². The highest BCUT2D eigenvalue weighted by Gasteiger charge is 2.38. The summed E-state index contributed by atoms with van der Waals surface area (Å²) < 4.78 is 0. The molecule has 2 unspecified atom stereocenters. The third-order valence-corrected chi connectivity index (χ3v) is 11.6. The molecule has 0 radical (unpaired) electrons. The van der Waals surface area contributed by atoms with Crippen LogP contribution in [0.15, 0.2) is 36.4 Å². The van der Waals surface area contributed by atoms with Gasteiger partial charge in [0.05, 0.1) is 5.92 Å². The van der Waals surface area contributed by atoms with Crippen LogP contribution in [0.1, 0.15) is 148 Å². The van der Waals surface area contributed by atoms with E-state index in [1.165, 1.54) is 86.1 Å². The zero-order chi connectivity index (χ0) is 33.8. The number of hydrogen-bond donors (Lipinski definition) is 0. The second-order valence-corrected chi connectivity index (χ2v) is 14.6. The maximum absolute atomic E-state index is 13.9. The van der Waals surface area contributed by atoms with E-state index in [-0.39, 0.29) is 17.5 Å². The first-order valence-corrected chi connectivity index (χ1v) is 18.9. The molecule has 4 aromatic rings. The molecule has 3 aliphatic carbocycles. The molecule has 48 heavy (non-hydrogen) atoms. The number of carbonyl (C=O) groups excluding carboxylic acids is 4. The molecule has 4 nitrogen and oxygen atoms in total. The Hall–Kier alpha value is -3.66. The van der Waals surface area contributed by atoms with Crippen molar-refractivity contribution in [2.75, 3.05) is 0 Å². The summed E-state index contributed by atoms with van der Waals surface area (Å²) in [7, 11) is 0. The highest BCUT2D eigenvalue weighted by atomic mass is 16.2.